The Morgan fingerprint density at radius 1 is 1.71 bits per heavy atom. The summed E-state index contributed by atoms with van der Waals surface area (Å²) < 4.78 is 1.33. The molecule has 0 amide bonds. The largest absolute Gasteiger partial charge is 0.434 e. The van der Waals surface area contributed by atoms with E-state index in [0.717, 1.165) is 6.54 Å². The molecule has 1 aromatic heterocycles. The lowest BCUT2D eigenvalue weighted by Gasteiger charge is -2.06. The molecule has 94 valence electrons. The van der Waals surface area contributed by atoms with Crippen LogP contribution in [0.3, 0.4) is 0 Å². The minimum Gasteiger partial charge on any atom is -0.394 e. The fraction of sp³-hybridized carbons (Fsp3) is 0.556. The molecule has 1 rings (SSSR count). The van der Waals surface area contributed by atoms with Crippen LogP contribution in [0.1, 0.15) is 5.69 Å². The summed E-state index contributed by atoms with van der Waals surface area (Å²) in [6.45, 7) is 1.21. The molecule has 8 heteroatoms. The Bertz CT molecular complexity index is 413. The Kier molecular flexibility index (Phi) is 4.58. The van der Waals surface area contributed by atoms with Gasteiger partial charge in [-0.2, -0.15) is 0 Å². The minimum atomic E-state index is -0.551. The van der Waals surface area contributed by atoms with Gasteiger partial charge in [0, 0.05) is 6.54 Å². The van der Waals surface area contributed by atoms with Gasteiger partial charge < -0.3 is 19.9 Å². The average molecular weight is 241 g/mol. The van der Waals surface area contributed by atoms with Crippen molar-refractivity contribution in [3.63, 3.8) is 0 Å². The SMILES string of the molecule is CN(C)CCO/N=C/c1cnc([N+](=O)[O-])n1C. The molecule has 0 bridgehead atoms. The van der Waals surface area contributed by atoms with Gasteiger partial charge in [0.25, 0.3) is 0 Å². The molecule has 0 saturated heterocycles. The molecule has 0 fully saturated rings. The number of nitrogens with zero attached hydrogens (tertiary/aromatic N) is 5. The molecule has 1 aromatic rings. The second-order valence-corrected chi connectivity index (χ2v) is 3.67. The molecule has 0 aliphatic heterocycles. The number of aromatic nitrogens is 2. The first kappa shape index (κ1) is 13.1. The van der Waals surface area contributed by atoms with Gasteiger partial charge in [-0.15, -0.1) is 0 Å². The highest BCUT2D eigenvalue weighted by molar-refractivity contribution is 5.77. The predicted molar refractivity (Wildman–Crippen MR) is 62.0 cm³/mol. The zero-order valence-electron chi connectivity index (χ0n) is 10.0. The van der Waals surface area contributed by atoms with E-state index in [-0.39, 0.29) is 5.95 Å². The first-order valence-corrected chi connectivity index (χ1v) is 4.98. The fourth-order valence-corrected chi connectivity index (χ4v) is 1.07. The molecular formula is C9H15N5O3. The maximum absolute atomic E-state index is 10.5. The number of nitro groups is 1. The van der Waals surface area contributed by atoms with Gasteiger partial charge in [-0.3, -0.25) is 0 Å². The van der Waals surface area contributed by atoms with Gasteiger partial charge in [0.15, 0.2) is 5.69 Å². The van der Waals surface area contributed by atoms with Crippen LogP contribution in [0.5, 0.6) is 0 Å². The molecule has 0 spiro atoms. The van der Waals surface area contributed by atoms with Crippen LogP contribution >= 0.6 is 0 Å². The summed E-state index contributed by atoms with van der Waals surface area (Å²) in [6.07, 6.45) is 2.77. The quantitative estimate of drug-likeness (QED) is 0.308. The normalized spacial score (nSPS) is 11.3. The van der Waals surface area contributed by atoms with Crippen molar-refractivity contribution in [2.45, 2.75) is 0 Å². The highest BCUT2D eigenvalue weighted by Gasteiger charge is 2.15. The summed E-state index contributed by atoms with van der Waals surface area (Å²) in [7, 11) is 5.40. The van der Waals surface area contributed by atoms with Crippen molar-refractivity contribution in [3.05, 3.63) is 22.0 Å². The first-order valence-electron chi connectivity index (χ1n) is 4.98. The van der Waals surface area contributed by atoms with Crippen LogP contribution in [0, 0.1) is 10.1 Å². The Morgan fingerprint density at radius 2 is 2.41 bits per heavy atom. The number of imidazole rings is 1. The molecule has 8 nitrogen and oxygen atoms in total. The van der Waals surface area contributed by atoms with Gasteiger partial charge in [-0.25, -0.2) is 4.57 Å². The molecule has 0 N–H and O–H groups in total. The van der Waals surface area contributed by atoms with Crippen molar-refractivity contribution >= 4 is 12.2 Å². The summed E-state index contributed by atoms with van der Waals surface area (Å²) in [5, 5.41) is 14.2. The molecule has 0 unspecified atom stereocenters. The predicted octanol–water partition coefficient (Wildman–Crippen LogP) is 0.240. The molecule has 0 aliphatic rings. The van der Waals surface area contributed by atoms with E-state index in [0.29, 0.717) is 12.3 Å². The Balaban J connectivity index is 2.51. The molecular weight excluding hydrogens is 226 g/mol. The second kappa shape index (κ2) is 5.94. The van der Waals surface area contributed by atoms with E-state index in [1.165, 1.54) is 17.0 Å². The van der Waals surface area contributed by atoms with E-state index in [4.69, 9.17) is 4.84 Å². The van der Waals surface area contributed by atoms with Crippen molar-refractivity contribution in [2.75, 3.05) is 27.2 Å². The van der Waals surface area contributed by atoms with Gasteiger partial charge in [-0.05, 0) is 19.0 Å². The van der Waals surface area contributed by atoms with Gasteiger partial charge in [0.1, 0.15) is 19.0 Å². The maximum Gasteiger partial charge on any atom is 0.434 e. The van der Waals surface area contributed by atoms with Crippen LogP contribution in [0.15, 0.2) is 11.4 Å². The van der Waals surface area contributed by atoms with Crippen LogP contribution in [-0.2, 0) is 11.9 Å². The highest BCUT2D eigenvalue weighted by Crippen LogP contribution is 2.08. The number of hydrogen-bond donors (Lipinski definition) is 0. The Labute approximate surface area is 98.6 Å². The zero-order valence-corrected chi connectivity index (χ0v) is 10.0. The van der Waals surface area contributed by atoms with Crippen molar-refractivity contribution in [2.24, 2.45) is 12.2 Å². The Morgan fingerprint density at radius 3 is 2.94 bits per heavy atom. The fourth-order valence-electron chi connectivity index (χ4n) is 1.07. The van der Waals surface area contributed by atoms with E-state index in [1.54, 1.807) is 7.05 Å². The van der Waals surface area contributed by atoms with E-state index >= 15 is 0 Å². The first-order chi connectivity index (χ1) is 8.02. The van der Waals surface area contributed by atoms with Crippen molar-refractivity contribution < 1.29 is 9.76 Å². The summed E-state index contributed by atoms with van der Waals surface area (Å²) in [5.74, 6) is -0.222. The molecule has 0 atom stereocenters. The van der Waals surface area contributed by atoms with Crippen LogP contribution in [0.25, 0.3) is 0 Å². The third-order valence-electron chi connectivity index (χ3n) is 2.05. The molecule has 0 radical (unpaired) electrons. The molecule has 0 aromatic carbocycles. The van der Waals surface area contributed by atoms with Crippen LogP contribution in [0.2, 0.25) is 0 Å². The monoisotopic (exact) mass is 241 g/mol. The molecule has 1 heterocycles. The standard InChI is InChI=1S/C9H15N5O3/c1-12(2)4-5-17-11-7-8-6-10-9(13(8)3)14(15)16/h6-7H,4-5H2,1-3H3/b11-7+. The van der Waals surface area contributed by atoms with Crippen LogP contribution in [-0.4, -0.2) is 52.8 Å². The lowest BCUT2D eigenvalue weighted by Crippen LogP contribution is -2.16. The van der Waals surface area contributed by atoms with Crippen LogP contribution in [0.4, 0.5) is 5.95 Å². The zero-order chi connectivity index (χ0) is 12.8. The lowest BCUT2D eigenvalue weighted by atomic mass is 10.5. The van der Waals surface area contributed by atoms with Gasteiger partial charge in [0.2, 0.25) is 0 Å². The van der Waals surface area contributed by atoms with Crippen molar-refractivity contribution in [3.8, 4) is 0 Å². The maximum atomic E-state index is 10.5. The number of likely N-dealkylation sites (N-methyl/N-ethyl adjacent to an activating group) is 1. The summed E-state index contributed by atoms with van der Waals surface area (Å²) in [5.41, 5.74) is 0.515. The third kappa shape index (κ3) is 3.83. The second-order valence-electron chi connectivity index (χ2n) is 3.67. The topological polar surface area (TPSA) is 85.8 Å². The smallest absolute Gasteiger partial charge is 0.394 e. The summed E-state index contributed by atoms with van der Waals surface area (Å²) >= 11 is 0. The molecule has 0 saturated carbocycles. The highest BCUT2D eigenvalue weighted by atomic mass is 16.6. The van der Waals surface area contributed by atoms with E-state index < -0.39 is 4.92 Å². The third-order valence-corrected chi connectivity index (χ3v) is 2.05. The average Bonchev–Trinajstić information content (AvgIpc) is 2.59. The summed E-state index contributed by atoms with van der Waals surface area (Å²) in [6, 6.07) is 0. The number of hydrogen-bond acceptors (Lipinski definition) is 6. The number of rotatable bonds is 6. The van der Waals surface area contributed by atoms with Gasteiger partial charge >= 0.3 is 5.95 Å². The molecule has 0 aliphatic carbocycles. The van der Waals surface area contributed by atoms with Gasteiger partial charge in [-0.1, -0.05) is 10.1 Å². The Hall–Kier alpha value is -1.96. The summed E-state index contributed by atoms with van der Waals surface area (Å²) in [4.78, 5) is 20.6. The van der Waals surface area contributed by atoms with E-state index in [1.807, 2.05) is 19.0 Å². The van der Waals surface area contributed by atoms with Crippen LogP contribution < -0.4 is 0 Å². The van der Waals surface area contributed by atoms with E-state index in [9.17, 15) is 10.1 Å². The van der Waals surface area contributed by atoms with Gasteiger partial charge in [0.05, 0.1) is 7.05 Å². The van der Waals surface area contributed by atoms with Crippen molar-refractivity contribution in [1.29, 1.82) is 0 Å². The number of oxime groups is 1. The van der Waals surface area contributed by atoms with E-state index in [2.05, 4.69) is 10.1 Å². The van der Waals surface area contributed by atoms with Crippen molar-refractivity contribution in [1.82, 2.24) is 14.5 Å². The molecule has 17 heavy (non-hydrogen) atoms. The lowest BCUT2D eigenvalue weighted by molar-refractivity contribution is -0.396. The minimum absolute atomic E-state index is 0.222.